The molecule has 0 unspecified atom stereocenters. The Hall–Kier alpha value is -5.24. The maximum absolute atomic E-state index is 14.0. The average molecular weight is 573 g/mol. The van der Waals surface area contributed by atoms with Crippen molar-refractivity contribution < 1.29 is 28.7 Å². The number of ether oxygens (including phenoxy) is 2. The molecule has 0 aromatic heterocycles. The largest absolute Gasteiger partial charge is 0.494 e. The molecule has 214 valence electrons. The molecule has 3 aliphatic carbocycles. The van der Waals surface area contributed by atoms with Crippen molar-refractivity contribution >= 4 is 35.1 Å². The second kappa shape index (κ2) is 10.5. The zero-order chi connectivity index (χ0) is 29.7. The molecule has 1 saturated heterocycles. The van der Waals surface area contributed by atoms with Crippen molar-refractivity contribution in [3.63, 3.8) is 0 Å². The smallest absolute Gasteiger partial charge is 0.338 e. The summed E-state index contributed by atoms with van der Waals surface area (Å²) in [6.45, 7) is 1.92. The molecule has 0 spiro atoms. The maximum atomic E-state index is 14.0. The Bertz CT molecular complexity index is 1670. The minimum atomic E-state index is -0.736. The van der Waals surface area contributed by atoms with Crippen molar-refractivity contribution in [3.8, 4) is 5.75 Å². The summed E-state index contributed by atoms with van der Waals surface area (Å²) in [7, 11) is 0. The number of carbonyl (C=O) groups excluding carboxylic acids is 4. The zero-order valence-corrected chi connectivity index (χ0v) is 23.4. The summed E-state index contributed by atoms with van der Waals surface area (Å²) in [4.78, 5) is 54.6. The first-order valence-corrected chi connectivity index (χ1v) is 14.3. The first-order chi connectivity index (χ1) is 21.0. The molecule has 43 heavy (non-hydrogen) atoms. The number of carbonyl (C=O) groups is 4. The molecule has 8 nitrogen and oxygen atoms in total. The molecule has 1 fully saturated rings. The molecule has 8 heteroatoms. The molecule has 2 atom stereocenters. The van der Waals surface area contributed by atoms with E-state index in [0.29, 0.717) is 23.7 Å². The third-order valence-electron chi connectivity index (χ3n) is 8.57. The van der Waals surface area contributed by atoms with Crippen molar-refractivity contribution in [2.75, 3.05) is 23.4 Å². The van der Waals surface area contributed by atoms with Crippen LogP contribution in [0.3, 0.4) is 0 Å². The summed E-state index contributed by atoms with van der Waals surface area (Å²) in [6.07, 6.45) is 0. The number of rotatable bonds is 7. The van der Waals surface area contributed by atoms with Gasteiger partial charge in [0, 0.05) is 17.5 Å². The number of amides is 3. The topological polar surface area (TPSA) is 102 Å². The van der Waals surface area contributed by atoms with Gasteiger partial charge in [-0.3, -0.25) is 14.4 Å². The number of anilines is 2. The van der Waals surface area contributed by atoms with Gasteiger partial charge in [0.1, 0.15) is 5.75 Å². The predicted molar refractivity (Wildman–Crippen MR) is 159 cm³/mol. The van der Waals surface area contributed by atoms with Crippen molar-refractivity contribution in [2.24, 2.45) is 11.8 Å². The Morgan fingerprint density at radius 1 is 0.744 bits per heavy atom. The number of imide groups is 1. The molecule has 1 N–H and O–H groups in total. The van der Waals surface area contributed by atoms with Crippen LogP contribution >= 0.6 is 0 Å². The van der Waals surface area contributed by atoms with Gasteiger partial charge >= 0.3 is 5.97 Å². The Balaban J connectivity index is 1.09. The number of nitrogens with one attached hydrogen (secondary N) is 1. The monoisotopic (exact) mass is 572 g/mol. The highest BCUT2D eigenvalue weighted by Crippen LogP contribution is 2.61. The third-order valence-corrected chi connectivity index (χ3v) is 8.57. The van der Waals surface area contributed by atoms with Crippen LogP contribution in [0.1, 0.15) is 51.4 Å². The van der Waals surface area contributed by atoms with E-state index < -0.39 is 30.3 Å². The molecule has 4 aromatic rings. The molecule has 2 bridgehead atoms. The fraction of sp³-hybridized carbons (Fsp3) is 0.200. The van der Waals surface area contributed by atoms with E-state index >= 15 is 0 Å². The molecule has 8 rings (SSSR count). The van der Waals surface area contributed by atoms with E-state index in [9.17, 15) is 19.2 Å². The van der Waals surface area contributed by atoms with Gasteiger partial charge < -0.3 is 14.8 Å². The zero-order valence-electron chi connectivity index (χ0n) is 23.4. The van der Waals surface area contributed by atoms with Gasteiger partial charge in [-0.25, -0.2) is 9.69 Å². The van der Waals surface area contributed by atoms with Crippen LogP contribution in [-0.4, -0.2) is 36.9 Å². The van der Waals surface area contributed by atoms with Crippen LogP contribution in [0.25, 0.3) is 0 Å². The SMILES string of the molecule is CCOc1ccc(NC(=O)COC(=O)c2cccc(N3C(=O)[C@H]4C5c6ccccc6C(c6ccccc65)[C@@H]4C3=O)c2)cc1. The summed E-state index contributed by atoms with van der Waals surface area (Å²) < 4.78 is 10.7. The Morgan fingerprint density at radius 3 is 1.84 bits per heavy atom. The lowest BCUT2D eigenvalue weighted by Gasteiger charge is -2.45. The first kappa shape index (κ1) is 26.6. The second-order valence-corrected chi connectivity index (χ2v) is 10.9. The van der Waals surface area contributed by atoms with Crippen LogP contribution in [0.5, 0.6) is 5.75 Å². The van der Waals surface area contributed by atoms with Crippen molar-refractivity contribution in [3.05, 3.63) is 125 Å². The van der Waals surface area contributed by atoms with Gasteiger partial charge in [-0.2, -0.15) is 0 Å². The van der Waals surface area contributed by atoms with Gasteiger partial charge in [-0.1, -0.05) is 54.6 Å². The summed E-state index contributed by atoms with van der Waals surface area (Å²) in [5, 5.41) is 2.67. The normalized spacial score (nSPS) is 21.1. The van der Waals surface area contributed by atoms with E-state index in [0.717, 1.165) is 22.3 Å². The molecule has 4 aliphatic rings. The van der Waals surface area contributed by atoms with Crippen LogP contribution in [0.2, 0.25) is 0 Å². The fourth-order valence-electron chi connectivity index (χ4n) is 6.92. The molecule has 0 radical (unpaired) electrons. The first-order valence-electron chi connectivity index (χ1n) is 14.3. The summed E-state index contributed by atoms with van der Waals surface area (Å²) in [5.74, 6) is -2.58. The van der Waals surface area contributed by atoms with Crippen molar-refractivity contribution in [2.45, 2.75) is 18.8 Å². The van der Waals surface area contributed by atoms with E-state index in [4.69, 9.17) is 9.47 Å². The summed E-state index contributed by atoms with van der Waals surface area (Å²) in [6, 6.07) is 29.2. The second-order valence-electron chi connectivity index (χ2n) is 10.9. The Morgan fingerprint density at radius 2 is 1.30 bits per heavy atom. The van der Waals surface area contributed by atoms with E-state index in [2.05, 4.69) is 29.6 Å². The third kappa shape index (κ3) is 4.37. The van der Waals surface area contributed by atoms with Crippen molar-refractivity contribution in [1.29, 1.82) is 0 Å². The van der Waals surface area contributed by atoms with E-state index in [1.807, 2.05) is 31.2 Å². The highest BCUT2D eigenvalue weighted by Gasteiger charge is 2.61. The van der Waals surface area contributed by atoms with Crippen molar-refractivity contribution in [1.82, 2.24) is 0 Å². The Kier molecular flexibility index (Phi) is 6.54. The van der Waals surface area contributed by atoms with Gasteiger partial charge in [-0.05, 0) is 71.6 Å². The highest BCUT2D eigenvalue weighted by atomic mass is 16.5. The quantitative estimate of drug-likeness (QED) is 0.239. The van der Waals surface area contributed by atoms with Crippen LogP contribution in [0.15, 0.2) is 97.1 Å². The molecule has 1 aliphatic heterocycles. The lowest BCUT2D eigenvalue weighted by Crippen LogP contribution is -2.41. The summed E-state index contributed by atoms with van der Waals surface area (Å²) >= 11 is 0. The van der Waals surface area contributed by atoms with Crippen LogP contribution in [0, 0.1) is 11.8 Å². The molecular weight excluding hydrogens is 544 g/mol. The lowest BCUT2D eigenvalue weighted by molar-refractivity contribution is -0.122. The van der Waals surface area contributed by atoms with Crippen LogP contribution < -0.4 is 15.0 Å². The minimum Gasteiger partial charge on any atom is -0.494 e. The molecule has 4 aromatic carbocycles. The Labute approximate surface area is 248 Å². The maximum Gasteiger partial charge on any atom is 0.338 e. The summed E-state index contributed by atoms with van der Waals surface area (Å²) in [5.41, 5.74) is 5.36. The van der Waals surface area contributed by atoms with Gasteiger partial charge in [0.05, 0.1) is 29.7 Å². The van der Waals surface area contributed by atoms with E-state index in [1.54, 1.807) is 36.4 Å². The van der Waals surface area contributed by atoms with Crippen LogP contribution in [-0.2, 0) is 19.1 Å². The standard InChI is InChI=1S/C35H28N2O6/c1-2-42-23-16-14-21(15-17-23)36-28(38)19-43-35(41)20-8-7-9-22(18-20)37-33(39)31-29-24-10-3-4-11-25(24)30(32(31)34(37)40)27-13-6-5-12-26(27)29/h3-18,29-32H,2,19H2,1H3,(H,36,38)/t29?,30?,31-,32-/m0/s1. The highest BCUT2D eigenvalue weighted by molar-refractivity contribution is 6.23. The molecule has 1 heterocycles. The number of hydrogen-bond acceptors (Lipinski definition) is 6. The van der Waals surface area contributed by atoms with Gasteiger partial charge in [-0.15, -0.1) is 0 Å². The minimum absolute atomic E-state index is 0.136. The molecular formula is C35H28N2O6. The molecule has 0 saturated carbocycles. The number of benzene rings is 4. The number of hydrogen-bond donors (Lipinski definition) is 1. The number of nitrogens with zero attached hydrogens (tertiary/aromatic N) is 1. The van der Waals surface area contributed by atoms with E-state index in [-0.39, 0.29) is 29.2 Å². The predicted octanol–water partition coefficient (Wildman–Crippen LogP) is 5.28. The molecule has 3 amide bonds. The fourth-order valence-corrected chi connectivity index (χ4v) is 6.92. The van der Waals surface area contributed by atoms with Crippen LogP contribution in [0.4, 0.5) is 11.4 Å². The van der Waals surface area contributed by atoms with Gasteiger partial charge in [0.2, 0.25) is 11.8 Å². The van der Waals surface area contributed by atoms with E-state index in [1.165, 1.54) is 17.0 Å². The van der Waals surface area contributed by atoms with Gasteiger partial charge in [0.15, 0.2) is 6.61 Å². The lowest BCUT2D eigenvalue weighted by atomic mass is 9.55. The average Bonchev–Trinajstić information content (AvgIpc) is 3.31. The van der Waals surface area contributed by atoms with Gasteiger partial charge in [0.25, 0.3) is 5.91 Å². The number of esters is 1.